The predicted molar refractivity (Wildman–Crippen MR) is 68.5 cm³/mol. The first-order valence-electron chi connectivity index (χ1n) is 5.64. The first-order chi connectivity index (χ1) is 7.63. The molecule has 3 heteroatoms. The topological polar surface area (TPSA) is 20.2 Å². The van der Waals surface area contributed by atoms with Crippen LogP contribution < -0.4 is 0 Å². The maximum absolute atomic E-state index is 12.9. The minimum atomic E-state index is -0.333. The minimum Gasteiger partial charge on any atom is -0.392 e. The van der Waals surface area contributed by atoms with Crippen molar-refractivity contribution < 1.29 is 9.50 Å². The highest BCUT2D eigenvalue weighted by Gasteiger charge is 2.08. The average Bonchev–Trinajstić information content (AvgIpc) is 2.23. The Kier molecular flexibility index (Phi) is 5.85. The van der Waals surface area contributed by atoms with Gasteiger partial charge in [-0.3, -0.25) is 0 Å². The number of hydrogen-bond acceptors (Lipinski definition) is 2. The maximum atomic E-state index is 12.9. The highest BCUT2D eigenvalue weighted by molar-refractivity contribution is 7.99. The van der Waals surface area contributed by atoms with Crippen LogP contribution in [0.15, 0.2) is 18.2 Å². The average molecular weight is 242 g/mol. The van der Waals surface area contributed by atoms with E-state index in [4.69, 9.17) is 0 Å². The Hall–Kier alpha value is -0.540. The van der Waals surface area contributed by atoms with E-state index in [9.17, 15) is 9.50 Å². The number of aryl methyl sites for hydroxylation is 1. The molecular weight excluding hydrogens is 223 g/mol. The molecule has 1 unspecified atom stereocenters. The Labute approximate surface area is 101 Å². The molecule has 1 aromatic carbocycles. The van der Waals surface area contributed by atoms with E-state index in [2.05, 4.69) is 6.92 Å². The van der Waals surface area contributed by atoms with E-state index in [0.29, 0.717) is 6.42 Å². The van der Waals surface area contributed by atoms with Crippen LogP contribution in [0.25, 0.3) is 0 Å². The van der Waals surface area contributed by atoms with Gasteiger partial charge in [-0.05, 0) is 48.8 Å². The summed E-state index contributed by atoms with van der Waals surface area (Å²) in [4.78, 5) is 0. The van der Waals surface area contributed by atoms with E-state index in [1.165, 1.54) is 12.1 Å². The monoisotopic (exact) mass is 242 g/mol. The molecule has 0 aromatic heterocycles. The Morgan fingerprint density at radius 1 is 1.44 bits per heavy atom. The molecule has 1 N–H and O–H groups in total. The fourth-order valence-electron chi connectivity index (χ4n) is 1.56. The Balaban J connectivity index is 2.46. The van der Waals surface area contributed by atoms with Crippen molar-refractivity contribution in [3.05, 3.63) is 35.1 Å². The standard InChI is InChI=1S/C13H19FOS/c1-3-6-16-9-13(15)8-11-4-5-12(14)7-10(11)2/h4-5,7,13,15H,3,6,8-9H2,1-2H3. The first-order valence-corrected chi connectivity index (χ1v) is 6.79. The molecule has 90 valence electrons. The highest BCUT2D eigenvalue weighted by atomic mass is 32.2. The van der Waals surface area contributed by atoms with Gasteiger partial charge in [-0.15, -0.1) is 0 Å². The van der Waals surface area contributed by atoms with E-state index in [-0.39, 0.29) is 11.9 Å². The van der Waals surface area contributed by atoms with Crippen LogP contribution in [0.2, 0.25) is 0 Å². The number of aliphatic hydroxyl groups is 1. The fourth-order valence-corrected chi connectivity index (χ4v) is 2.41. The summed E-state index contributed by atoms with van der Waals surface area (Å²) < 4.78 is 12.9. The van der Waals surface area contributed by atoms with E-state index in [1.807, 2.05) is 6.92 Å². The largest absolute Gasteiger partial charge is 0.392 e. The molecule has 0 aliphatic rings. The minimum absolute atomic E-state index is 0.212. The van der Waals surface area contributed by atoms with Crippen LogP contribution in [0.3, 0.4) is 0 Å². The van der Waals surface area contributed by atoms with Crippen molar-refractivity contribution in [3.63, 3.8) is 0 Å². The van der Waals surface area contributed by atoms with Crippen LogP contribution in [-0.2, 0) is 6.42 Å². The second-order valence-electron chi connectivity index (χ2n) is 4.00. The van der Waals surface area contributed by atoms with Gasteiger partial charge in [0.05, 0.1) is 6.10 Å². The molecule has 1 nitrogen and oxygen atoms in total. The molecule has 0 bridgehead atoms. The van der Waals surface area contributed by atoms with Crippen LogP contribution in [0.1, 0.15) is 24.5 Å². The van der Waals surface area contributed by atoms with Crippen molar-refractivity contribution in [2.75, 3.05) is 11.5 Å². The van der Waals surface area contributed by atoms with Gasteiger partial charge < -0.3 is 5.11 Å². The van der Waals surface area contributed by atoms with Gasteiger partial charge in [-0.25, -0.2) is 4.39 Å². The van der Waals surface area contributed by atoms with Crippen LogP contribution in [0.5, 0.6) is 0 Å². The number of aliphatic hydroxyl groups excluding tert-OH is 1. The van der Waals surface area contributed by atoms with Gasteiger partial charge in [0, 0.05) is 5.75 Å². The first kappa shape index (κ1) is 13.5. The zero-order valence-electron chi connectivity index (χ0n) is 9.87. The molecule has 1 atom stereocenters. The lowest BCUT2D eigenvalue weighted by Gasteiger charge is -2.12. The van der Waals surface area contributed by atoms with E-state index in [0.717, 1.165) is 29.1 Å². The lowest BCUT2D eigenvalue weighted by molar-refractivity contribution is 0.200. The molecule has 16 heavy (non-hydrogen) atoms. The second-order valence-corrected chi connectivity index (χ2v) is 5.15. The van der Waals surface area contributed by atoms with Crippen molar-refractivity contribution >= 4 is 11.8 Å². The number of halogens is 1. The van der Waals surface area contributed by atoms with Crippen LogP contribution in [0, 0.1) is 12.7 Å². The molecule has 0 aliphatic carbocycles. The summed E-state index contributed by atoms with van der Waals surface area (Å²) in [5, 5.41) is 9.81. The third kappa shape index (κ3) is 4.54. The summed E-state index contributed by atoms with van der Waals surface area (Å²) in [5.41, 5.74) is 1.95. The highest BCUT2D eigenvalue weighted by Crippen LogP contribution is 2.14. The van der Waals surface area contributed by atoms with Crippen LogP contribution >= 0.6 is 11.8 Å². The van der Waals surface area contributed by atoms with Gasteiger partial charge in [0.2, 0.25) is 0 Å². The van der Waals surface area contributed by atoms with Gasteiger partial charge in [-0.2, -0.15) is 11.8 Å². The van der Waals surface area contributed by atoms with Crippen molar-refractivity contribution in [2.45, 2.75) is 32.8 Å². The molecule has 0 fully saturated rings. The molecule has 1 aromatic rings. The summed E-state index contributed by atoms with van der Waals surface area (Å²) in [7, 11) is 0. The summed E-state index contributed by atoms with van der Waals surface area (Å²) in [6.45, 7) is 4.01. The van der Waals surface area contributed by atoms with Gasteiger partial charge in [-0.1, -0.05) is 13.0 Å². The summed E-state index contributed by atoms with van der Waals surface area (Å²) >= 11 is 1.77. The molecule has 0 radical (unpaired) electrons. The van der Waals surface area contributed by atoms with E-state index >= 15 is 0 Å². The summed E-state index contributed by atoms with van der Waals surface area (Å²) in [6, 6.07) is 4.73. The number of benzene rings is 1. The summed E-state index contributed by atoms with van der Waals surface area (Å²) in [6.07, 6.45) is 1.41. The normalized spacial score (nSPS) is 12.8. The van der Waals surface area contributed by atoms with Gasteiger partial charge in [0.25, 0.3) is 0 Å². The molecule has 0 heterocycles. The Morgan fingerprint density at radius 2 is 2.19 bits per heavy atom. The molecule has 0 spiro atoms. The SMILES string of the molecule is CCCSCC(O)Cc1ccc(F)cc1C. The second kappa shape index (κ2) is 6.92. The van der Waals surface area contributed by atoms with Gasteiger partial charge >= 0.3 is 0 Å². The lowest BCUT2D eigenvalue weighted by Crippen LogP contribution is -2.14. The number of rotatable bonds is 6. The molecule has 1 rings (SSSR count). The number of hydrogen-bond donors (Lipinski definition) is 1. The van der Waals surface area contributed by atoms with Crippen molar-refractivity contribution in [1.82, 2.24) is 0 Å². The summed E-state index contributed by atoms with van der Waals surface area (Å²) in [5.74, 6) is 1.63. The van der Waals surface area contributed by atoms with Crippen molar-refractivity contribution in [2.24, 2.45) is 0 Å². The van der Waals surface area contributed by atoms with Gasteiger partial charge in [0.1, 0.15) is 5.82 Å². The van der Waals surface area contributed by atoms with Crippen LogP contribution in [-0.4, -0.2) is 22.7 Å². The Morgan fingerprint density at radius 3 is 2.81 bits per heavy atom. The van der Waals surface area contributed by atoms with Crippen molar-refractivity contribution in [1.29, 1.82) is 0 Å². The van der Waals surface area contributed by atoms with Crippen LogP contribution in [0.4, 0.5) is 4.39 Å². The third-order valence-corrected chi connectivity index (χ3v) is 3.74. The Bertz CT molecular complexity index is 328. The predicted octanol–water partition coefficient (Wildman–Crippen LogP) is 3.18. The van der Waals surface area contributed by atoms with E-state index < -0.39 is 0 Å². The smallest absolute Gasteiger partial charge is 0.123 e. The quantitative estimate of drug-likeness (QED) is 0.773. The van der Waals surface area contributed by atoms with Gasteiger partial charge in [0.15, 0.2) is 0 Å². The molecular formula is C13H19FOS. The molecule has 0 saturated carbocycles. The lowest BCUT2D eigenvalue weighted by atomic mass is 10.0. The fraction of sp³-hybridized carbons (Fsp3) is 0.538. The number of thioether (sulfide) groups is 1. The van der Waals surface area contributed by atoms with Crippen molar-refractivity contribution in [3.8, 4) is 0 Å². The zero-order chi connectivity index (χ0) is 12.0. The van der Waals surface area contributed by atoms with E-state index in [1.54, 1.807) is 17.8 Å². The molecule has 0 aliphatic heterocycles. The molecule has 0 saturated heterocycles. The molecule has 0 amide bonds. The zero-order valence-corrected chi connectivity index (χ0v) is 10.7. The maximum Gasteiger partial charge on any atom is 0.123 e. The third-order valence-electron chi connectivity index (χ3n) is 2.42.